The Kier molecular flexibility index (Phi) is 14.5. The molecule has 5 N–H and O–H groups in total. The highest BCUT2D eigenvalue weighted by Crippen LogP contribution is 2.43. The summed E-state index contributed by atoms with van der Waals surface area (Å²) < 4.78 is 25.7. The molecule has 0 aromatic carbocycles. The van der Waals surface area contributed by atoms with Crippen molar-refractivity contribution in [3.63, 3.8) is 0 Å². The Morgan fingerprint density at radius 1 is 0.922 bits per heavy atom. The molecule has 3 fully saturated rings. The van der Waals surface area contributed by atoms with Gasteiger partial charge in [-0.15, -0.1) is 5.73 Å². The Labute approximate surface area is 304 Å². The smallest absolute Gasteiger partial charge is 0.315 e. The van der Waals surface area contributed by atoms with Gasteiger partial charge in [0.15, 0.2) is 15.6 Å². The Morgan fingerprint density at radius 3 is 2.18 bits per heavy atom. The summed E-state index contributed by atoms with van der Waals surface area (Å²) in [5.41, 5.74) is 3.33. The minimum atomic E-state index is -3.26. The average molecular weight is 732 g/mol. The van der Waals surface area contributed by atoms with Crippen LogP contribution in [-0.2, 0) is 29.0 Å². The molecule has 2 heterocycles. The molecule has 1 saturated carbocycles. The van der Waals surface area contributed by atoms with Crippen LogP contribution in [0, 0.1) is 11.3 Å². The molecule has 0 bridgehead atoms. The number of carbonyl (C=O) groups is 5. The maximum absolute atomic E-state index is 13.4. The van der Waals surface area contributed by atoms with Gasteiger partial charge in [0.05, 0.1) is 34.7 Å². The predicted octanol–water partition coefficient (Wildman–Crippen LogP) is 3.93. The van der Waals surface area contributed by atoms with Crippen molar-refractivity contribution in [1.82, 2.24) is 26.6 Å². The van der Waals surface area contributed by atoms with E-state index >= 15 is 0 Å². The van der Waals surface area contributed by atoms with E-state index in [0.717, 1.165) is 56.9 Å². The first kappa shape index (κ1) is 40.7. The summed E-state index contributed by atoms with van der Waals surface area (Å²) in [6.45, 7) is 8.47. The normalized spacial score (nSPS) is 25.3. The molecule has 286 valence electrons. The fraction of sp³-hybridized carbons (Fsp3) is 0.789. The van der Waals surface area contributed by atoms with E-state index in [1.54, 1.807) is 0 Å². The van der Waals surface area contributed by atoms with Crippen LogP contribution >= 0.6 is 0 Å². The van der Waals surface area contributed by atoms with Gasteiger partial charge in [-0.2, -0.15) is 0 Å². The summed E-state index contributed by atoms with van der Waals surface area (Å²) in [5.74, 6) is -1.59. The average Bonchev–Trinajstić information content (AvgIpc) is 3.77. The first-order chi connectivity index (χ1) is 24.2. The third kappa shape index (κ3) is 10.5. The Balaban J connectivity index is 1.20. The van der Waals surface area contributed by atoms with E-state index in [2.05, 4.69) is 46.2 Å². The van der Waals surface area contributed by atoms with Gasteiger partial charge in [0.1, 0.15) is 0 Å². The fourth-order valence-corrected chi connectivity index (χ4v) is 11.0. The van der Waals surface area contributed by atoms with Crippen molar-refractivity contribution in [3.8, 4) is 0 Å². The monoisotopic (exact) mass is 731 g/mol. The second-order valence-corrected chi connectivity index (χ2v) is 18.1. The lowest BCUT2D eigenvalue weighted by molar-refractivity contribution is -0.140. The highest BCUT2D eigenvalue weighted by atomic mass is 32.2. The van der Waals surface area contributed by atoms with E-state index in [1.165, 1.54) is 6.92 Å². The molecule has 13 heteroatoms. The first-order valence-electron chi connectivity index (χ1n) is 19.3. The third-order valence-corrected chi connectivity index (χ3v) is 13.8. The molecular formula is C38H61N5O7S. The van der Waals surface area contributed by atoms with Gasteiger partial charge in [-0.25, -0.2) is 13.2 Å². The summed E-state index contributed by atoms with van der Waals surface area (Å²) in [6, 6.07) is -2.52. The second kappa shape index (κ2) is 18.1. The number of hydrogen-bond donors (Lipinski definition) is 5. The molecule has 5 atom stereocenters. The summed E-state index contributed by atoms with van der Waals surface area (Å²) in [6.07, 6.45) is 13.6. The van der Waals surface area contributed by atoms with Crippen molar-refractivity contribution < 1.29 is 32.4 Å². The number of urea groups is 1. The van der Waals surface area contributed by atoms with Gasteiger partial charge < -0.3 is 26.6 Å². The number of amides is 4. The quantitative estimate of drug-likeness (QED) is 0.0753. The number of ketones is 2. The molecule has 4 rings (SSSR count). The maximum atomic E-state index is 13.4. The molecule has 0 spiro atoms. The number of unbranched alkanes of at least 4 members (excludes halogenated alkanes) is 5. The maximum Gasteiger partial charge on any atom is 0.315 e. The molecule has 2 aliphatic carbocycles. The molecule has 0 aromatic heterocycles. The lowest BCUT2D eigenvalue weighted by Gasteiger charge is -2.42. The Hall–Kier alpha value is -3.02. The topological polar surface area (TPSA) is 180 Å². The predicted molar refractivity (Wildman–Crippen MR) is 197 cm³/mol. The summed E-state index contributed by atoms with van der Waals surface area (Å²) in [5, 5.41) is 14.1. The van der Waals surface area contributed by atoms with E-state index in [9.17, 15) is 32.4 Å². The second-order valence-electron chi connectivity index (χ2n) is 15.8. The van der Waals surface area contributed by atoms with Gasteiger partial charge in [-0.05, 0) is 68.9 Å². The van der Waals surface area contributed by atoms with Gasteiger partial charge in [0.25, 0.3) is 5.91 Å². The van der Waals surface area contributed by atoms with E-state index in [0.29, 0.717) is 64.5 Å². The minimum absolute atomic E-state index is 0.0429. The molecule has 4 aliphatic rings. The van der Waals surface area contributed by atoms with Crippen LogP contribution in [0.15, 0.2) is 17.4 Å². The van der Waals surface area contributed by atoms with Crippen molar-refractivity contribution >= 4 is 39.2 Å². The lowest BCUT2D eigenvalue weighted by atomic mass is 9.76. The van der Waals surface area contributed by atoms with Gasteiger partial charge in [0, 0.05) is 19.0 Å². The van der Waals surface area contributed by atoms with Crippen LogP contribution in [0.3, 0.4) is 0 Å². The number of hydrogen-bond acceptors (Lipinski definition) is 8. The van der Waals surface area contributed by atoms with Gasteiger partial charge in [0.2, 0.25) is 11.7 Å². The van der Waals surface area contributed by atoms with Gasteiger partial charge in [-0.3, -0.25) is 19.2 Å². The standard InChI is InChI=1S/C38H61N5O7S/c1-5-23-39-35(47)33(45)29(41-34(46)32-31-27(25-40-32)19-22-37(31,3)4)17-12-9-7-6-8-11-16-28(26(2)44)42-36(48)43-38(20-13-10-14-21-38)30-18-15-24-51(30,49)50/h22,28-32,40H,5-18,20-21,23-25H2,1-4H3,(H,39,47)(H,41,46)(H2,42,43,48)/t28-,29-,30-,31-,32-/m0/s1. The summed E-state index contributed by atoms with van der Waals surface area (Å²) >= 11 is 0. The molecule has 2 saturated heterocycles. The zero-order chi connectivity index (χ0) is 37.2. The minimum Gasteiger partial charge on any atom is -0.349 e. The van der Waals surface area contributed by atoms with E-state index in [4.69, 9.17) is 0 Å². The van der Waals surface area contributed by atoms with Crippen LogP contribution in [0.5, 0.6) is 0 Å². The number of carbonyl (C=O) groups excluding carboxylic acids is 5. The zero-order valence-electron chi connectivity index (χ0n) is 31.2. The van der Waals surface area contributed by atoms with Gasteiger partial charge >= 0.3 is 6.03 Å². The van der Waals surface area contributed by atoms with Crippen LogP contribution in [0.25, 0.3) is 0 Å². The molecule has 51 heavy (non-hydrogen) atoms. The number of sulfone groups is 1. The molecule has 12 nitrogen and oxygen atoms in total. The summed E-state index contributed by atoms with van der Waals surface area (Å²) in [4.78, 5) is 64.7. The molecular weight excluding hydrogens is 671 g/mol. The van der Waals surface area contributed by atoms with Crippen LogP contribution in [0.2, 0.25) is 0 Å². The third-order valence-electron chi connectivity index (χ3n) is 11.4. The Morgan fingerprint density at radius 2 is 1.57 bits per heavy atom. The van der Waals surface area contributed by atoms with E-state index in [-0.39, 0.29) is 28.8 Å². The largest absolute Gasteiger partial charge is 0.349 e. The number of fused-ring (bicyclic) bond motifs is 1. The van der Waals surface area contributed by atoms with Crippen molar-refractivity contribution in [2.75, 3.05) is 18.8 Å². The van der Waals surface area contributed by atoms with E-state index < -0.39 is 56.5 Å². The van der Waals surface area contributed by atoms with Crippen LogP contribution < -0.4 is 26.6 Å². The van der Waals surface area contributed by atoms with Crippen LogP contribution in [0.4, 0.5) is 4.79 Å². The number of rotatable bonds is 19. The van der Waals surface area contributed by atoms with Crippen molar-refractivity contribution in [2.24, 2.45) is 11.3 Å². The van der Waals surface area contributed by atoms with Crippen LogP contribution in [-0.4, -0.2) is 85.6 Å². The lowest BCUT2D eigenvalue weighted by Crippen LogP contribution is -2.62. The fourth-order valence-electron chi connectivity index (χ4n) is 8.62. The number of nitrogens with one attached hydrogen (secondary N) is 5. The highest BCUT2D eigenvalue weighted by Gasteiger charge is 2.50. The number of Topliss-reactive ketones (excluding diaryl/α,β-unsaturated/α-hetero) is 2. The Bertz CT molecular complexity index is 1460. The van der Waals surface area contributed by atoms with Gasteiger partial charge in [-0.1, -0.05) is 78.6 Å². The van der Waals surface area contributed by atoms with Crippen molar-refractivity contribution in [3.05, 3.63) is 17.4 Å². The SMILES string of the molecule is CCCNC(=O)C(=O)[C@H](CCCCCCCC[C@H](NC(=O)NC1([C@@H]2CCCS2(=O)=O)CCCCC1)C(C)=O)NC(=O)[C@H]1NCC2=C=CC(C)(C)[C@@H]21. The van der Waals surface area contributed by atoms with Crippen molar-refractivity contribution in [1.29, 1.82) is 0 Å². The zero-order valence-corrected chi connectivity index (χ0v) is 32.0. The molecule has 0 aromatic rings. The first-order valence-corrected chi connectivity index (χ1v) is 21.1. The summed E-state index contributed by atoms with van der Waals surface area (Å²) in [7, 11) is -3.26. The van der Waals surface area contributed by atoms with E-state index in [1.807, 2.05) is 13.0 Å². The highest BCUT2D eigenvalue weighted by molar-refractivity contribution is 7.92. The molecule has 2 aliphatic heterocycles. The van der Waals surface area contributed by atoms with Crippen molar-refractivity contribution in [2.45, 2.75) is 159 Å². The van der Waals surface area contributed by atoms with Crippen LogP contribution in [0.1, 0.15) is 130 Å². The molecule has 0 unspecified atom stereocenters. The molecule has 4 amide bonds. The molecule has 0 radical (unpaired) electrons.